The molecule has 0 bridgehead atoms. The highest BCUT2D eigenvalue weighted by Crippen LogP contribution is 2.11. The molecule has 1 heterocycles. The Bertz CT molecular complexity index is 519. The van der Waals surface area contributed by atoms with Gasteiger partial charge in [-0.2, -0.15) is 0 Å². The van der Waals surface area contributed by atoms with Crippen LogP contribution in [0.25, 0.3) is 0 Å². The molecule has 0 unspecified atom stereocenters. The van der Waals surface area contributed by atoms with E-state index in [0.717, 1.165) is 31.0 Å². The van der Waals surface area contributed by atoms with Crippen LogP contribution in [0.5, 0.6) is 0 Å². The number of likely N-dealkylation sites (N-methyl/N-ethyl adjacent to an activating group) is 1. The average Bonchev–Trinajstić information content (AvgIpc) is 2.82. The Morgan fingerprint density at radius 2 is 1.84 bits per heavy atom. The Kier molecular flexibility index (Phi) is 4.77. The number of rotatable bonds is 6. The lowest BCUT2D eigenvalue weighted by Crippen LogP contribution is -2.21. The fraction of sp³-hybridized carbons (Fsp3) is 0.375. The number of nitrogens with zero attached hydrogens (tertiary/aromatic N) is 1. The molecule has 2 rings (SSSR count). The summed E-state index contributed by atoms with van der Waals surface area (Å²) in [5.41, 5.74) is 8.34. The van der Waals surface area contributed by atoms with Crippen molar-refractivity contribution in [2.24, 2.45) is 5.73 Å². The van der Waals surface area contributed by atoms with E-state index in [4.69, 9.17) is 10.2 Å². The molecule has 1 aromatic carbocycles. The van der Waals surface area contributed by atoms with Gasteiger partial charge in [0.2, 0.25) is 0 Å². The molecule has 0 spiro atoms. The van der Waals surface area contributed by atoms with Gasteiger partial charge < -0.3 is 10.2 Å². The summed E-state index contributed by atoms with van der Waals surface area (Å²) in [6, 6.07) is 12.4. The molecule has 102 valence electrons. The summed E-state index contributed by atoms with van der Waals surface area (Å²) in [6.45, 7) is 4.42. The van der Waals surface area contributed by atoms with Gasteiger partial charge >= 0.3 is 0 Å². The van der Waals surface area contributed by atoms with E-state index in [1.165, 1.54) is 11.1 Å². The molecule has 0 saturated heterocycles. The smallest absolute Gasteiger partial charge is 0.118 e. The van der Waals surface area contributed by atoms with Crippen LogP contribution in [-0.2, 0) is 19.5 Å². The van der Waals surface area contributed by atoms with E-state index in [2.05, 4.69) is 30.1 Å². The van der Waals surface area contributed by atoms with Crippen molar-refractivity contribution in [3.05, 3.63) is 59.0 Å². The lowest BCUT2D eigenvalue weighted by Gasteiger charge is -2.16. The topological polar surface area (TPSA) is 42.4 Å². The quantitative estimate of drug-likeness (QED) is 0.866. The molecule has 0 radical (unpaired) electrons. The van der Waals surface area contributed by atoms with Crippen molar-refractivity contribution in [3.8, 4) is 0 Å². The molecule has 0 atom stereocenters. The summed E-state index contributed by atoms with van der Waals surface area (Å²) in [7, 11) is 2.11. The molecule has 2 N–H and O–H groups in total. The normalized spacial score (nSPS) is 11.2. The van der Waals surface area contributed by atoms with Crippen LogP contribution in [0, 0.1) is 6.92 Å². The van der Waals surface area contributed by atoms with Gasteiger partial charge in [0.25, 0.3) is 0 Å². The van der Waals surface area contributed by atoms with E-state index >= 15 is 0 Å². The maximum Gasteiger partial charge on any atom is 0.118 e. The second-order valence-corrected chi connectivity index (χ2v) is 4.97. The SMILES string of the molecule is Cc1ccc(CN(C)CCc2ccccc2CN)o1. The van der Waals surface area contributed by atoms with Gasteiger partial charge in [0.15, 0.2) is 0 Å². The van der Waals surface area contributed by atoms with Gasteiger partial charge in [-0.1, -0.05) is 24.3 Å². The number of furan rings is 1. The number of hydrogen-bond donors (Lipinski definition) is 1. The van der Waals surface area contributed by atoms with Crippen molar-refractivity contribution in [2.75, 3.05) is 13.6 Å². The van der Waals surface area contributed by atoms with Gasteiger partial charge in [-0.3, -0.25) is 4.90 Å². The van der Waals surface area contributed by atoms with E-state index in [-0.39, 0.29) is 0 Å². The van der Waals surface area contributed by atoms with Crippen molar-refractivity contribution in [1.29, 1.82) is 0 Å². The molecular formula is C16H22N2O. The van der Waals surface area contributed by atoms with Crippen molar-refractivity contribution >= 4 is 0 Å². The van der Waals surface area contributed by atoms with Crippen LogP contribution in [-0.4, -0.2) is 18.5 Å². The van der Waals surface area contributed by atoms with E-state index < -0.39 is 0 Å². The predicted molar refractivity (Wildman–Crippen MR) is 77.8 cm³/mol. The first-order chi connectivity index (χ1) is 9.19. The second kappa shape index (κ2) is 6.55. The summed E-state index contributed by atoms with van der Waals surface area (Å²) in [4.78, 5) is 2.27. The summed E-state index contributed by atoms with van der Waals surface area (Å²) >= 11 is 0. The molecule has 0 aliphatic heterocycles. The highest BCUT2D eigenvalue weighted by Gasteiger charge is 2.06. The molecule has 3 nitrogen and oxygen atoms in total. The zero-order valence-electron chi connectivity index (χ0n) is 11.7. The fourth-order valence-corrected chi connectivity index (χ4v) is 2.23. The van der Waals surface area contributed by atoms with Crippen LogP contribution in [0.3, 0.4) is 0 Å². The maximum absolute atomic E-state index is 5.75. The molecule has 0 aliphatic carbocycles. The first-order valence-electron chi connectivity index (χ1n) is 6.69. The molecule has 0 saturated carbocycles. The Hall–Kier alpha value is -1.58. The average molecular weight is 258 g/mol. The van der Waals surface area contributed by atoms with Crippen molar-refractivity contribution in [2.45, 2.75) is 26.4 Å². The Labute approximate surface area is 115 Å². The summed E-state index contributed by atoms with van der Waals surface area (Å²) < 4.78 is 5.59. The third kappa shape index (κ3) is 3.94. The minimum Gasteiger partial charge on any atom is -0.465 e. The molecule has 0 amide bonds. The van der Waals surface area contributed by atoms with Crippen LogP contribution in [0.2, 0.25) is 0 Å². The Balaban J connectivity index is 1.87. The second-order valence-electron chi connectivity index (χ2n) is 4.97. The predicted octanol–water partition coefficient (Wildman–Crippen LogP) is 2.72. The van der Waals surface area contributed by atoms with E-state index in [1.54, 1.807) is 0 Å². The summed E-state index contributed by atoms with van der Waals surface area (Å²) in [6.07, 6.45) is 1.02. The van der Waals surface area contributed by atoms with Gasteiger partial charge in [0.05, 0.1) is 6.54 Å². The molecule has 0 fully saturated rings. The third-order valence-corrected chi connectivity index (χ3v) is 3.32. The monoisotopic (exact) mass is 258 g/mol. The van der Waals surface area contributed by atoms with Crippen LogP contribution in [0.1, 0.15) is 22.6 Å². The van der Waals surface area contributed by atoms with Crippen LogP contribution in [0.4, 0.5) is 0 Å². The van der Waals surface area contributed by atoms with E-state index in [1.807, 2.05) is 25.1 Å². The summed E-state index contributed by atoms with van der Waals surface area (Å²) in [5, 5.41) is 0. The standard InChI is InChI=1S/C16H22N2O/c1-13-7-8-16(19-13)12-18(2)10-9-14-5-3-4-6-15(14)11-17/h3-8H,9-12,17H2,1-2H3. The largest absolute Gasteiger partial charge is 0.465 e. The highest BCUT2D eigenvalue weighted by molar-refractivity contribution is 5.27. The molecule has 1 aromatic heterocycles. The van der Waals surface area contributed by atoms with Crippen molar-refractivity contribution in [3.63, 3.8) is 0 Å². The van der Waals surface area contributed by atoms with Gasteiger partial charge in [0.1, 0.15) is 11.5 Å². The van der Waals surface area contributed by atoms with Gasteiger partial charge in [-0.15, -0.1) is 0 Å². The summed E-state index contributed by atoms with van der Waals surface area (Å²) in [5.74, 6) is 1.99. The Morgan fingerprint density at radius 1 is 1.11 bits per heavy atom. The van der Waals surface area contributed by atoms with Crippen LogP contribution < -0.4 is 5.73 Å². The fourth-order valence-electron chi connectivity index (χ4n) is 2.23. The lowest BCUT2D eigenvalue weighted by molar-refractivity contribution is 0.295. The number of aryl methyl sites for hydroxylation is 1. The zero-order valence-corrected chi connectivity index (χ0v) is 11.7. The molecule has 2 aromatic rings. The molecule has 19 heavy (non-hydrogen) atoms. The zero-order chi connectivity index (χ0) is 13.7. The molecular weight excluding hydrogens is 236 g/mol. The third-order valence-electron chi connectivity index (χ3n) is 3.32. The van der Waals surface area contributed by atoms with Gasteiger partial charge in [-0.25, -0.2) is 0 Å². The van der Waals surface area contributed by atoms with Crippen molar-refractivity contribution in [1.82, 2.24) is 4.90 Å². The minimum atomic E-state index is 0.608. The van der Waals surface area contributed by atoms with E-state index in [9.17, 15) is 0 Å². The highest BCUT2D eigenvalue weighted by atomic mass is 16.3. The first-order valence-corrected chi connectivity index (χ1v) is 6.69. The van der Waals surface area contributed by atoms with Crippen molar-refractivity contribution < 1.29 is 4.42 Å². The maximum atomic E-state index is 5.75. The van der Waals surface area contributed by atoms with Crippen LogP contribution >= 0.6 is 0 Å². The Morgan fingerprint density at radius 3 is 2.47 bits per heavy atom. The first kappa shape index (κ1) is 13.8. The lowest BCUT2D eigenvalue weighted by atomic mass is 10.0. The van der Waals surface area contributed by atoms with Gasteiger partial charge in [-0.05, 0) is 43.7 Å². The van der Waals surface area contributed by atoms with Gasteiger partial charge in [0, 0.05) is 13.1 Å². The number of benzene rings is 1. The molecule has 3 heteroatoms. The number of nitrogens with two attached hydrogens (primary N) is 1. The minimum absolute atomic E-state index is 0.608. The number of hydrogen-bond acceptors (Lipinski definition) is 3. The van der Waals surface area contributed by atoms with Crippen LogP contribution in [0.15, 0.2) is 40.8 Å². The molecule has 0 aliphatic rings. The van der Waals surface area contributed by atoms with E-state index in [0.29, 0.717) is 6.54 Å².